The molecule has 0 radical (unpaired) electrons. The Balaban J connectivity index is 2.82. The molecule has 0 spiro atoms. The van der Waals surface area contributed by atoms with Crippen molar-refractivity contribution < 1.29 is 19.1 Å². The Kier molecular flexibility index (Phi) is 3.80. The molecule has 0 amide bonds. The van der Waals surface area contributed by atoms with E-state index in [2.05, 4.69) is 0 Å². The van der Waals surface area contributed by atoms with Crippen LogP contribution in [0.5, 0.6) is 0 Å². The fraction of sp³-hybridized carbons (Fsp3) is 0.200. The highest BCUT2D eigenvalue weighted by atomic mass is 35.5. The van der Waals surface area contributed by atoms with Crippen LogP contribution in [-0.2, 0) is 4.79 Å². The lowest BCUT2D eigenvalue weighted by Crippen LogP contribution is -2.06. The number of halogens is 2. The molecule has 0 bridgehead atoms. The first-order valence-electron chi connectivity index (χ1n) is 4.21. The fourth-order valence-electron chi connectivity index (χ4n) is 1.07. The van der Waals surface area contributed by atoms with Gasteiger partial charge in [-0.15, -0.1) is 0 Å². The van der Waals surface area contributed by atoms with Crippen LogP contribution in [0, 0.1) is 5.82 Å². The van der Waals surface area contributed by atoms with E-state index < -0.39 is 17.6 Å². The monoisotopic (exact) mass is 230 g/mol. The second-order valence-electron chi connectivity index (χ2n) is 2.92. The first kappa shape index (κ1) is 11.7. The smallest absolute Gasteiger partial charge is 0.303 e. The van der Waals surface area contributed by atoms with E-state index in [4.69, 9.17) is 16.7 Å². The van der Waals surface area contributed by atoms with E-state index in [-0.39, 0.29) is 23.4 Å². The van der Waals surface area contributed by atoms with Crippen LogP contribution >= 0.6 is 11.6 Å². The van der Waals surface area contributed by atoms with Crippen LogP contribution in [0.15, 0.2) is 18.2 Å². The largest absolute Gasteiger partial charge is 0.481 e. The number of ketones is 1. The highest BCUT2D eigenvalue weighted by Crippen LogP contribution is 2.19. The normalized spacial score (nSPS) is 10.0. The van der Waals surface area contributed by atoms with Gasteiger partial charge in [-0.25, -0.2) is 4.39 Å². The molecule has 1 N–H and O–H groups in total. The Labute approximate surface area is 90.5 Å². The van der Waals surface area contributed by atoms with Gasteiger partial charge in [-0.1, -0.05) is 17.7 Å². The number of hydrogen-bond donors (Lipinski definition) is 1. The molecule has 5 heteroatoms. The summed E-state index contributed by atoms with van der Waals surface area (Å²) in [6.07, 6.45) is -0.544. The topological polar surface area (TPSA) is 54.4 Å². The minimum Gasteiger partial charge on any atom is -0.481 e. The van der Waals surface area contributed by atoms with Crippen LogP contribution in [0.25, 0.3) is 0 Å². The van der Waals surface area contributed by atoms with Crippen molar-refractivity contribution in [3.8, 4) is 0 Å². The maximum atomic E-state index is 13.3. The van der Waals surface area contributed by atoms with Crippen LogP contribution in [0.3, 0.4) is 0 Å². The molecule has 1 aromatic rings. The molecule has 0 aliphatic rings. The lowest BCUT2D eigenvalue weighted by molar-refractivity contribution is -0.136. The standard InChI is InChI=1S/C10H8ClFO3/c11-7-3-1-2-6(10(7)12)8(13)4-5-9(14)15/h1-3H,4-5H2,(H,14,15). The Morgan fingerprint density at radius 3 is 2.60 bits per heavy atom. The van der Waals surface area contributed by atoms with E-state index in [1.54, 1.807) is 0 Å². The Bertz CT molecular complexity index is 404. The molecule has 0 aliphatic heterocycles. The number of hydrogen-bond acceptors (Lipinski definition) is 2. The molecular formula is C10H8ClFO3. The maximum Gasteiger partial charge on any atom is 0.303 e. The van der Waals surface area contributed by atoms with Crippen LogP contribution < -0.4 is 0 Å². The van der Waals surface area contributed by atoms with Gasteiger partial charge in [0.15, 0.2) is 11.6 Å². The second kappa shape index (κ2) is 4.89. The molecular weight excluding hydrogens is 223 g/mol. The molecule has 0 saturated heterocycles. The molecule has 80 valence electrons. The van der Waals surface area contributed by atoms with Gasteiger partial charge < -0.3 is 5.11 Å². The van der Waals surface area contributed by atoms with Crippen molar-refractivity contribution in [3.05, 3.63) is 34.6 Å². The summed E-state index contributed by atoms with van der Waals surface area (Å²) in [7, 11) is 0. The summed E-state index contributed by atoms with van der Waals surface area (Å²) in [6, 6.07) is 4.05. The van der Waals surface area contributed by atoms with Crippen molar-refractivity contribution in [3.63, 3.8) is 0 Å². The van der Waals surface area contributed by atoms with Crippen molar-refractivity contribution in [1.29, 1.82) is 0 Å². The van der Waals surface area contributed by atoms with E-state index in [0.29, 0.717) is 0 Å². The second-order valence-corrected chi connectivity index (χ2v) is 3.33. The summed E-state index contributed by atoms with van der Waals surface area (Å²) in [6.45, 7) is 0. The molecule has 0 heterocycles. The highest BCUT2D eigenvalue weighted by molar-refractivity contribution is 6.31. The lowest BCUT2D eigenvalue weighted by Gasteiger charge is -2.02. The number of carbonyl (C=O) groups is 2. The number of carboxylic acids is 1. The van der Waals surface area contributed by atoms with Gasteiger partial charge in [0.25, 0.3) is 0 Å². The third kappa shape index (κ3) is 3.02. The van der Waals surface area contributed by atoms with E-state index in [0.717, 1.165) is 0 Å². The minimum atomic E-state index is -1.09. The van der Waals surface area contributed by atoms with Gasteiger partial charge in [0.1, 0.15) is 0 Å². The minimum absolute atomic E-state index is 0.142. The fourth-order valence-corrected chi connectivity index (χ4v) is 1.25. The van der Waals surface area contributed by atoms with Crippen molar-refractivity contribution >= 4 is 23.4 Å². The van der Waals surface area contributed by atoms with Crippen molar-refractivity contribution in [2.45, 2.75) is 12.8 Å². The summed E-state index contributed by atoms with van der Waals surface area (Å²) in [5.74, 6) is -2.45. The Morgan fingerprint density at radius 2 is 2.00 bits per heavy atom. The van der Waals surface area contributed by atoms with Gasteiger partial charge >= 0.3 is 5.97 Å². The molecule has 0 unspecified atom stereocenters. The maximum absolute atomic E-state index is 13.3. The third-order valence-corrected chi connectivity index (χ3v) is 2.11. The van der Waals surface area contributed by atoms with Crippen molar-refractivity contribution in [1.82, 2.24) is 0 Å². The van der Waals surface area contributed by atoms with E-state index >= 15 is 0 Å². The molecule has 0 aromatic heterocycles. The van der Waals surface area contributed by atoms with Gasteiger partial charge in [-0.3, -0.25) is 9.59 Å². The molecule has 1 aromatic carbocycles. The van der Waals surface area contributed by atoms with Crippen LogP contribution in [0.1, 0.15) is 23.2 Å². The van der Waals surface area contributed by atoms with Crippen molar-refractivity contribution in [2.24, 2.45) is 0 Å². The van der Waals surface area contributed by atoms with Crippen molar-refractivity contribution in [2.75, 3.05) is 0 Å². The predicted molar refractivity (Wildman–Crippen MR) is 52.6 cm³/mol. The zero-order valence-electron chi connectivity index (χ0n) is 7.67. The van der Waals surface area contributed by atoms with Gasteiger partial charge in [0, 0.05) is 6.42 Å². The molecule has 15 heavy (non-hydrogen) atoms. The Hall–Kier alpha value is -1.42. The van der Waals surface area contributed by atoms with Gasteiger partial charge in [-0.2, -0.15) is 0 Å². The zero-order valence-corrected chi connectivity index (χ0v) is 8.42. The molecule has 0 aliphatic carbocycles. The molecule has 0 atom stereocenters. The number of benzene rings is 1. The quantitative estimate of drug-likeness (QED) is 0.809. The van der Waals surface area contributed by atoms with E-state index in [1.165, 1.54) is 18.2 Å². The third-order valence-electron chi connectivity index (χ3n) is 1.82. The highest BCUT2D eigenvalue weighted by Gasteiger charge is 2.14. The summed E-state index contributed by atoms with van der Waals surface area (Å²) < 4.78 is 13.3. The van der Waals surface area contributed by atoms with Gasteiger partial charge in [0.2, 0.25) is 0 Å². The summed E-state index contributed by atoms with van der Waals surface area (Å²) in [5.41, 5.74) is -0.163. The average molecular weight is 231 g/mol. The van der Waals surface area contributed by atoms with Gasteiger partial charge in [0.05, 0.1) is 17.0 Å². The molecule has 3 nitrogen and oxygen atoms in total. The summed E-state index contributed by atoms with van der Waals surface area (Å²) in [5, 5.41) is 8.22. The first-order valence-corrected chi connectivity index (χ1v) is 4.59. The lowest BCUT2D eigenvalue weighted by atomic mass is 10.1. The predicted octanol–water partition coefficient (Wildman–Crippen LogP) is 2.53. The summed E-state index contributed by atoms with van der Waals surface area (Å²) >= 11 is 5.48. The van der Waals surface area contributed by atoms with Crippen LogP contribution in [0.4, 0.5) is 4.39 Å². The number of Topliss-reactive ketones (excluding diaryl/α,β-unsaturated/α-hetero) is 1. The van der Waals surface area contributed by atoms with Gasteiger partial charge in [-0.05, 0) is 12.1 Å². The zero-order chi connectivity index (χ0) is 11.4. The van der Waals surface area contributed by atoms with E-state index in [1.807, 2.05) is 0 Å². The average Bonchev–Trinajstić information content (AvgIpc) is 2.18. The molecule has 0 fully saturated rings. The molecule has 1 rings (SSSR count). The SMILES string of the molecule is O=C(O)CCC(=O)c1cccc(Cl)c1F. The first-order chi connectivity index (χ1) is 7.02. The van der Waals surface area contributed by atoms with Crippen LogP contribution in [0.2, 0.25) is 5.02 Å². The Morgan fingerprint density at radius 1 is 1.33 bits per heavy atom. The van der Waals surface area contributed by atoms with E-state index in [9.17, 15) is 14.0 Å². The number of carboxylic acid groups (broad SMARTS) is 1. The number of carbonyl (C=O) groups excluding carboxylic acids is 1. The number of aliphatic carboxylic acids is 1. The summed E-state index contributed by atoms with van der Waals surface area (Å²) in [4.78, 5) is 21.6. The number of rotatable bonds is 4. The molecule has 0 saturated carbocycles. The van der Waals surface area contributed by atoms with Crippen LogP contribution in [-0.4, -0.2) is 16.9 Å².